The highest BCUT2D eigenvalue weighted by atomic mass is 32.2. The third-order valence-corrected chi connectivity index (χ3v) is 5.88. The van der Waals surface area contributed by atoms with Crippen LogP contribution in [0, 0.1) is 13.8 Å². The second kappa shape index (κ2) is 8.03. The SMILES string of the molecule is Cc1ccc(SCC(=O)NC(C)c2ccc(S(N)(=O)=O)cc2)c(C)c1. The van der Waals surface area contributed by atoms with Crippen molar-refractivity contribution in [3.63, 3.8) is 0 Å². The summed E-state index contributed by atoms with van der Waals surface area (Å²) in [5.74, 6) is 0.247. The van der Waals surface area contributed by atoms with Gasteiger partial charge in [0.1, 0.15) is 0 Å². The predicted molar refractivity (Wildman–Crippen MR) is 101 cm³/mol. The number of rotatable bonds is 6. The number of carbonyl (C=O) groups is 1. The van der Waals surface area contributed by atoms with E-state index in [9.17, 15) is 13.2 Å². The van der Waals surface area contributed by atoms with Crippen LogP contribution in [0.4, 0.5) is 0 Å². The Balaban J connectivity index is 1.93. The van der Waals surface area contributed by atoms with Gasteiger partial charge in [0, 0.05) is 4.90 Å². The van der Waals surface area contributed by atoms with E-state index in [1.165, 1.54) is 29.5 Å². The maximum atomic E-state index is 12.2. The average Bonchev–Trinajstić information content (AvgIpc) is 2.53. The lowest BCUT2D eigenvalue weighted by atomic mass is 10.1. The number of amides is 1. The number of primary sulfonamides is 1. The zero-order valence-electron chi connectivity index (χ0n) is 14.4. The van der Waals surface area contributed by atoms with E-state index in [2.05, 4.69) is 11.4 Å². The number of sulfonamides is 1. The second-order valence-electron chi connectivity index (χ2n) is 5.96. The molecule has 0 aliphatic carbocycles. The van der Waals surface area contributed by atoms with Crippen LogP contribution in [0.2, 0.25) is 0 Å². The lowest BCUT2D eigenvalue weighted by Gasteiger charge is -2.15. The van der Waals surface area contributed by atoms with Crippen LogP contribution in [0.25, 0.3) is 0 Å². The maximum absolute atomic E-state index is 12.2. The fourth-order valence-corrected chi connectivity index (χ4v) is 3.75. The molecule has 1 amide bonds. The van der Waals surface area contributed by atoms with Gasteiger partial charge in [-0.15, -0.1) is 11.8 Å². The largest absolute Gasteiger partial charge is 0.349 e. The van der Waals surface area contributed by atoms with E-state index in [1.54, 1.807) is 12.1 Å². The summed E-state index contributed by atoms with van der Waals surface area (Å²) < 4.78 is 22.5. The Morgan fingerprint density at radius 2 is 1.80 bits per heavy atom. The molecule has 0 spiro atoms. The molecule has 0 heterocycles. The minimum Gasteiger partial charge on any atom is -0.349 e. The summed E-state index contributed by atoms with van der Waals surface area (Å²) in [6.45, 7) is 5.92. The molecule has 2 aromatic rings. The van der Waals surface area contributed by atoms with Gasteiger partial charge in [-0.1, -0.05) is 29.8 Å². The van der Waals surface area contributed by atoms with Crippen molar-refractivity contribution in [1.29, 1.82) is 0 Å². The fourth-order valence-electron chi connectivity index (χ4n) is 2.42. The number of aryl methyl sites for hydroxylation is 2. The van der Waals surface area contributed by atoms with E-state index in [1.807, 2.05) is 32.9 Å². The van der Waals surface area contributed by atoms with Crippen molar-refractivity contribution < 1.29 is 13.2 Å². The highest BCUT2D eigenvalue weighted by molar-refractivity contribution is 8.00. The van der Waals surface area contributed by atoms with Crippen molar-refractivity contribution in [3.05, 3.63) is 59.2 Å². The van der Waals surface area contributed by atoms with Gasteiger partial charge in [0.05, 0.1) is 16.7 Å². The third kappa shape index (κ3) is 5.59. The topological polar surface area (TPSA) is 89.3 Å². The molecular formula is C18H22N2O3S2. The smallest absolute Gasteiger partial charge is 0.238 e. The fraction of sp³-hybridized carbons (Fsp3) is 0.278. The standard InChI is InChI=1S/C18H22N2O3S2/c1-12-4-9-17(13(2)10-12)24-11-18(21)20-14(3)15-5-7-16(8-6-15)25(19,22)23/h4-10,14H,11H2,1-3H3,(H,20,21)(H2,19,22,23). The molecule has 0 saturated carbocycles. The van der Waals surface area contributed by atoms with Crippen molar-refractivity contribution in [3.8, 4) is 0 Å². The van der Waals surface area contributed by atoms with E-state index in [-0.39, 0.29) is 16.8 Å². The van der Waals surface area contributed by atoms with Gasteiger partial charge < -0.3 is 5.32 Å². The number of hydrogen-bond acceptors (Lipinski definition) is 4. The van der Waals surface area contributed by atoms with Crippen LogP contribution in [0.1, 0.15) is 29.7 Å². The van der Waals surface area contributed by atoms with Crippen molar-refractivity contribution >= 4 is 27.7 Å². The van der Waals surface area contributed by atoms with Crippen LogP contribution >= 0.6 is 11.8 Å². The molecule has 5 nitrogen and oxygen atoms in total. The molecule has 0 aromatic heterocycles. The number of benzene rings is 2. The Bertz CT molecular complexity index is 862. The summed E-state index contributed by atoms with van der Waals surface area (Å²) in [6, 6.07) is 12.1. The molecule has 0 radical (unpaired) electrons. The molecule has 25 heavy (non-hydrogen) atoms. The monoisotopic (exact) mass is 378 g/mol. The van der Waals surface area contributed by atoms with Gasteiger partial charge in [0.2, 0.25) is 15.9 Å². The van der Waals surface area contributed by atoms with Crippen LogP contribution < -0.4 is 10.5 Å². The number of hydrogen-bond donors (Lipinski definition) is 2. The molecule has 0 fully saturated rings. The normalized spacial score (nSPS) is 12.6. The van der Waals surface area contributed by atoms with Crippen molar-refractivity contribution in [1.82, 2.24) is 5.32 Å². The molecule has 3 N–H and O–H groups in total. The van der Waals surface area contributed by atoms with E-state index >= 15 is 0 Å². The molecule has 0 aliphatic rings. The van der Waals surface area contributed by atoms with E-state index in [4.69, 9.17) is 5.14 Å². The highest BCUT2D eigenvalue weighted by Gasteiger charge is 2.12. The Morgan fingerprint density at radius 1 is 1.16 bits per heavy atom. The zero-order chi connectivity index (χ0) is 18.6. The van der Waals surface area contributed by atoms with Gasteiger partial charge in [-0.2, -0.15) is 0 Å². The Hall–Kier alpha value is -1.83. The first kappa shape index (κ1) is 19.5. The number of carbonyl (C=O) groups excluding carboxylic acids is 1. The molecule has 1 atom stereocenters. The second-order valence-corrected chi connectivity index (χ2v) is 8.54. The number of thioether (sulfide) groups is 1. The zero-order valence-corrected chi connectivity index (χ0v) is 16.1. The molecule has 0 saturated heterocycles. The predicted octanol–water partition coefficient (Wildman–Crippen LogP) is 2.92. The van der Waals surface area contributed by atoms with E-state index in [0.29, 0.717) is 5.75 Å². The Morgan fingerprint density at radius 3 is 2.36 bits per heavy atom. The Kier molecular flexibility index (Phi) is 6.26. The lowest BCUT2D eigenvalue weighted by Crippen LogP contribution is -2.28. The summed E-state index contributed by atoms with van der Waals surface area (Å²) >= 11 is 1.50. The quantitative estimate of drug-likeness (QED) is 0.757. The van der Waals surface area contributed by atoms with Crippen LogP contribution in [-0.4, -0.2) is 20.1 Å². The minimum atomic E-state index is -3.71. The molecule has 7 heteroatoms. The Labute approximate surface area is 153 Å². The van der Waals surface area contributed by atoms with Gasteiger partial charge in [-0.25, -0.2) is 13.6 Å². The summed E-state index contributed by atoms with van der Waals surface area (Å²) in [7, 11) is -3.71. The number of nitrogens with two attached hydrogens (primary N) is 1. The van der Waals surface area contributed by atoms with Crippen molar-refractivity contribution in [2.45, 2.75) is 36.6 Å². The molecule has 134 valence electrons. The first-order valence-corrected chi connectivity index (χ1v) is 10.3. The molecule has 2 aromatic carbocycles. The average molecular weight is 379 g/mol. The number of nitrogens with one attached hydrogen (secondary N) is 1. The van der Waals surface area contributed by atoms with Crippen molar-refractivity contribution in [2.24, 2.45) is 5.14 Å². The summed E-state index contributed by atoms with van der Waals surface area (Å²) in [4.78, 5) is 13.3. The van der Waals surface area contributed by atoms with Gasteiger partial charge in [0.25, 0.3) is 0 Å². The van der Waals surface area contributed by atoms with Gasteiger partial charge in [-0.3, -0.25) is 4.79 Å². The van der Waals surface area contributed by atoms with Crippen LogP contribution in [-0.2, 0) is 14.8 Å². The molecule has 1 unspecified atom stereocenters. The first-order valence-electron chi connectivity index (χ1n) is 7.79. The minimum absolute atomic E-state index is 0.0557. The maximum Gasteiger partial charge on any atom is 0.238 e. The summed E-state index contributed by atoms with van der Waals surface area (Å²) in [6.07, 6.45) is 0. The lowest BCUT2D eigenvalue weighted by molar-refractivity contribution is -0.119. The van der Waals surface area contributed by atoms with E-state index in [0.717, 1.165) is 16.0 Å². The molecular weight excluding hydrogens is 356 g/mol. The van der Waals surface area contributed by atoms with Crippen LogP contribution in [0.5, 0.6) is 0 Å². The first-order chi connectivity index (χ1) is 11.7. The van der Waals surface area contributed by atoms with E-state index < -0.39 is 10.0 Å². The highest BCUT2D eigenvalue weighted by Crippen LogP contribution is 2.23. The van der Waals surface area contributed by atoms with Crippen molar-refractivity contribution in [2.75, 3.05) is 5.75 Å². The third-order valence-electron chi connectivity index (χ3n) is 3.78. The molecule has 0 bridgehead atoms. The molecule has 2 rings (SSSR count). The molecule has 0 aliphatic heterocycles. The summed E-state index contributed by atoms with van der Waals surface area (Å²) in [5.41, 5.74) is 3.17. The van der Waals surface area contributed by atoms with Crippen LogP contribution in [0.3, 0.4) is 0 Å². The van der Waals surface area contributed by atoms with Gasteiger partial charge in [-0.05, 0) is 50.1 Å². The van der Waals surface area contributed by atoms with Gasteiger partial charge in [0.15, 0.2) is 0 Å². The summed E-state index contributed by atoms with van der Waals surface area (Å²) in [5, 5.41) is 7.99. The van der Waals surface area contributed by atoms with Gasteiger partial charge >= 0.3 is 0 Å². The van der Waals surface area contributed by atoms with Crippen LogP contribution in [0.15, 0.2) is 52.3 Å².